The van der Waals surface area contributed by atoms with Gasteiger partial charge in [0.05, 0.1) is 5.92 Å². The largest absolute Gasteiger partial charge is 0.481 e. The number of carboxylic acid groups (broad SMARTS) is 1. The van der Waals surface area contributed by atoms with Gasteiger partial charge in [0.1, 0.15) is 0 Å². The van der Waals surface area contributed by atoms with Crippen molar-refractivity contribution in [3.63, 3.8) is 0 Å². The van der Waals surface area contributed by atoms with Gasteiger partial charge in [-0.3, -0.25) is 4.79 Å². The van der Waals surface area contributed by atoms with Crippen molar-refractivity contribution in [2.75, 3.05) is 0 Å². The van der Waals surface area contributed by atoms with Gasteiger partial charge in [-0.25, -0.2) is 0 Å². The third-order valence-electron chi connectivity index (χ3n) is 3.18. The van der Waals surface area contributed by atoms with Gasteiger partial charge in [0, 0.05) is 6.04 Å². The average Bonchev–Trinajstić information content (AvgIpc) is 2.43. The van der Waals surface area contributed by atoms with Gasteiger partial charge in [-0.05, 0) is 31.1 Å². The summed E-state index contributed by atoms with van der Waals surface area (Å²) in [4.78, 5) is 10.7. The summed E-state index contributed by atoms with van der Waals surface area (Å²) >= 11 is 0. The van der Waals surface area contributed by atoms with Crippen molar-refractivity contribution >= 4 is 5.97 Å². The van der Waals surface area contributed by atoms with Crippen LogP contribution in [0.2, 0.25) is 0 Å². The molecule has 0 saturated heterocycles. The highest BCUT2D eigenvalue weighted by Crippen LogP contribution is 2.47. The molecule has 3 heteroatoms. The van der Waals surface area contributed by atoms with E-state index in [1.807, 2.05) is 0 Å². The van der Waals surface area contributed by atoms with Gasteiger partial charge in [0.15, 0.2) is 0 Å². The Morgan fingerprint density at radius 2 is 2.09 bits per heavy atom. The van der Waals surface area contributed by atoms with Crippen LogP contribution < -0.4 is 5.73 Å². The van der Waals surface area contributed by atoms with Crippen LogP contribution in [0.3, 0.4) is 0 Å². The fourth-order valence-electron chi connectivity index (χ4n) is 2.69. The molecule has 2 bridgehead atoms. The summed E-state index contributed by atoms with van der Waals surface area (Å²) in [6.07, 6.45) is 2.97. The van der Waals surface area contributed by atoms with E-state index in [9.17, 15) is 4.79 Å². The van der Waals surface area contributed by atoms with Crippen LogP contribution in [-0.2, 0) is 4.79 Å². The van der Waals surface area contributed by atoms with Gasteiger partial charge >= 0.3 is 5.97 Å². The quantitative estimate of drug-likeness (QED) is 0.577. The molecule has 2 fully saturated rings. The fourth-order valence-corrected chi connectivity index (χ4v) is 2.69. The van der Waals surface area contributed by atoms with E-state index >= 15 is 0 Å². The second kappa shape index (κ2) is 2.21. The number of rotatable bonds is 1. The van der Waals surface area contributed by atoms with E-state index in [1.165, 1.54) is 0 Å². The molecule has 0 spiro atoms. The zero-order valence-corrected chi connectivity index (χ0v) is 6.36. The molecule has 0 aromatic rings. The highest BCUT2D eigenvalue weighted by molar-refractivity contribution is 5.71. The van der Waals surface area contributed by atoms with Crippen molar-refractivity contribution in [2.24, 2.45) is 23.5 Å². The van der Waals surface area contributed by atoms with Gasteiger partial charge in [0.2, 0.25) is 0 Å². The first-order valence-corrected chi connectivity index (χ1v) is 4.17. The molecule has 2 aliphatic carbocycles. The fraction of sp³-hybridized carbons (Fsp3) is 0.875. The maximum atomic E-state index is 10.7. The number of aliphatic carboxylic acids is 1. The van der Waals surface area contributed by atoms with Gasteiger partial charge in [-0.1, -0.05) is 0 Å². The number of hydrogen-bond donors (Lipinski definition) is 2. The van der Waals surface area contributed by atoms with Crippen LogP contribution in [0.15, 0.2) is 0 Å². The Kier molecular flexibility index (Phi) is 1.42. The molecule has 0 radical (unpaired) electrons. The molecule has 0 aromatic carbocycles. The molecule has 4 atom stereocenters. The molecule has 0 amide bonds. The van der Waals surface area contributed by atoms with Crippen LogP contribution in [0.25, 0.3) is 0 Å². The molecule has 0 aliphatic heterocycles. The van der Waals surface area contributed by atoms with Crippen molar-refractivity contribution in [3.8, 4) is 0 Å². The molecule has 3 N–H and O–H groups in total. The highest BCUT2D eigenvalue weighted by Gasteiger charge is 2.47. The zero-order chi connectivity index (χ0) is 8.01. The third-order valence-corrected chi connectivity index (χ3v) is 3.18. The second-order valence-electron chi connectivity index (χ2n) is 3.85. The van der Waals surface area contributed by atoms with Crippen LogP contribution in [-0.4, -0.2) is 17.1 Å². The summed E-state index contributed by atoms with van der Waals surface area (Å²) in [7, 11) is 0. The van der Waals surface area contributed by atoms with E-state index in [0.29, 0.717) is 5.92 Å². The molecule has 62 valence electrons. The summed E-state index contributed by atoms with van der Waals surface area (Å²) in [6, 6.07) is 0.162. The van der Waals surface area contributed by atoms with Crippen LogP contribution in [0.1, 0.15) is 19.3 Å². The molecule has 11 heavy (non-hydrogen) atoms. The van der Waals surface area contributed by atoms with Crippen LogP contribution in [0.4, 0.5) is 0 Å². The SMILES string of the molecule is N[C@H]1C[C@H]2C[C@H]1[C@H](C(=O)O)C2. The lowest BCUT2D eigenvalue weighted by atomic mass is 9.86. The van der Waals surface area contributed by atoms with Gasteiger partial charge < -0.3 is 10.8 Å². The van der Waals surface area contributed by atoms with E-state index in [2.05, 4.69) is 0 Å². The lowest BCUT2D eigenvalue weighted by molar-refractivity contribution is -0.143. The Morgan fingerprint density at radius 1 is 1.36 bits per heavy atom. The smallest absolute Gasteiger partial charge is 0.306 e. The predicted molar refractivity (Wildman–Crippen MR) is 39.9 cm³/mol. The van der Waals surface area contributed by atoms with E-state index in [-0.39, 0.29) is 17.9 Å². The van der Waals surface area contributed by atoms with Gasteiger partial charge in [-0.2, -0.15) is 0 Å². The van der Waals surface area contributed by atoms with Gasteiger partial charge in [0.25, 0.3) is 0 Å². The summed E-state index contributed by atoms with van der Waals surface area (Å²) < 4.78 is 0. The zero-order valence-electron chi connectivity index (χ0n) is 6.36. The Hall–Kier alpha value is -0.570. The normalized spacial score (nSPS) is 48.1. The minimum absolute atomic E-state index is 0.135. The molecule has 2 aliphatic rings. The molecular formula is C8H13NO2. The molecule has 0 heterocycles. The van der Waals surface area contributed by atoms with E-state index < -0.39 is 5.97 Å². The average molecular weight is 155 g/mol. The lowest BCUT2D eigenvalue weighted by Crippen LogP contribution is -2.35. The summed E-state index contributed by atoms with van der Waals surface area (Å²) in [5.74, 6) is 0.102. The third kappa shape index (κ3) is 0.948. The Labute approximate surface area is 65.6 Å². The van der Waals surface area contributed by atoms with E-state index in [0.717, 1.165) is 19.3 Å². The lowest BCUT2D eigenvalue weighted by Gasteiger charge is -2.23. The molecular weight excluding hydrogens is 142 g/mol. The molecule has 2 rings (SSSR count). The number of fused-ring (bicyclic) bond motifs is 2. The van der Waals surface area contributed by atoms with E-state index in [1.54, 1.807) is 0 Å². The van der Waals surface area contributed by atoms with Crippen molar-refractivity contribution < 1.29 is 9.90 Å². The monoisotopic (exact) mass is 155 g/mol. The highest BCUT2D eigenvalue weighted by atomic mass is 16.4. The van der Waals surface area contributed by atoms with Crippen molar-refractivity contribution in [2.45, 2.75) is 25.3 Å². The van der Waals surface area contributed by atoms with Crippen LogP contribution in [0.5, 0.6) is 0 Å². The maximum Gasteiger partial charge on any atom is 0.306 e. The van der Waals surface area contributed by atoms with Gasteiger partial charge in [-0.15, -0.1) is 0 Å². The number of hydrogen-bond acceptors (Lipinski definition) is 2. The first-order chi connectivity index (χ1) is 5.18. The molecule has 0 aromatic heterocycles. The maximum absolute atomic E-state index is 10.7. The Balaban J connectivity index is 2.12. The van der Waals surface area contributed by atoms with Crippen molar-refractivity contribution in [1.82, 2.24) is 0 Å². The number of carbonyl (C=O) groups is 1. The van der Waals surface area contributed by atoms with Crippen molar-refractivity contribution in [3.05, 3.63) is 0 Å². The van der Waals surface area contributed by atoms with Crippen LogP contribution >= 0.6 is 0 Å². The second-order valence-corrected chi connectivity index (χ2v) is 3.85. The minimum Gasteiger partial charge on any atom is -0.481 e. The molecule has 2 saturated carbocycles. The topological polar surface area (TPSA) is 63.3 Å². The Bertz CT molecular complexity index is 193. The summed E-state index contributed by atoms with van der Waals surface area (Å²) in [6.45, 7) is 0. The first kappa shape index (κ1) is 7.10. The summed E-state index contributed by atoms with van der Waals surface area (Å²) in [5, 5.41) is 8.80. The number of carboxylic acids is 1. The predicted octanol–water partition coefficient (Wildman–Crippen LogP) is 0.444. The van der Waals surface area contributed by atoms with Crippen LogP contribution in [0, 0.1) is 17.8 Å². The van der Waals surface area contributed by atoms with Crippen molar-refractivity contribution in [1.29, 1.82) is 0 Å². The molecule has 3 nitrogen and oxygen atoms in total. The number of nitrogens with two attached hydrogens (primary N) is 1. The minimum atomic E-state index is -0.646. The summed E-state index contributed by atoms with van der Waals surface area (Å²) in [5.41, 5.74) is 5.78. The first-order valence-electron chi connectivity index (χ1n) is 4.17. The Morgan fingerprint density at radius 3 is 2.45 bits per heavy atom. The standard InChI is InChI=1S/C8H13NO2/c9-7-3-4-1-5(7)6(2-4)8(10)11/h4-7H,1-3,9H2,(H,10,11)/t4-,5-,6+,7-/m0/s1. The van der Waals surface area contributed by atoms with E-state index in [4.69, 9.17) is 10.8 Å². The molecule has 0 unspecified atom stereocenters.